The van der Waals surface area contributed by atoms with E-state index in [1.54, 1.807) is 24.3 Å². The van der Waals surface area contributed by atoms with Gasteiger partial charge < -0.3 is 4.74 Å². The highest BCUT2D eigenvalue weighted by molar-refractivity contribution is 8.02. The lowest BCUT2D eigenvalue weighted by Gasteiger charge is -2.15. The highest BCUT2D eigenvalue weighted by Crippen LogP contribution is 2.35. The highest BCUT2D eigenvalue weighted by Gasteiger charge is 2.40. The molecule has 0 radical (unpaired) electrons. The normalized spacial score (nSPS) is 17.8. The summed E-state index contributed by atoms with van der Waals surface area (Å²) < 4.78 is 6.08. The molecule has 0 spiro atoms. The minimum Gasteiger partial charge on any atom is -0.494 e. The Morgan fingerprint density at radius 1 is 1.30 bits per heavy atom. The fourth-order valence-electron chi connectivity index (χ4n) is 2.27. The van der Waals surface area contributed by atoms with Crippen molar-refractivity contribution in [3.8, 4) is 5.75 Å². The fraction of sp³-hybridized carbons (Fsp3) is 0.333. The maximum atomic E-state index is 12.5. The first-order valence-electron chi connectivity index (χ1n) is 7.15. The number of anilines is 1. The number of hydrogen-bond acceptors (Lipinski definition) is 7. The van der Waals surface area contributed by atoms with E-state index in [0.29, 0.717) is 22.4 Å². The fourth-order valence-corrected chi connectivity index (χ4v) is 4.36. The van der Waals surface area contributed by atoms with E-state index >= 15 is 0 Å². The number of imide groups is 1. The van der Waals surface area contributed by atoms with Gasteiger partial charge in [-0.2, -0.15) is 0 Å². The Bertz CT molecular complexity index is 730. The van der Waals surface area contributed by atoms with Gasteiger partial charge in [0, 0.05) is 6.42 Å². The number of carbonyl (C=O) groups is 2. The van der Waals surface area contributed by atoms with Gasteiger partial charge in [-0.05, 0) is 38.1 Å². The van der Waals surface area contributed by atoms with Crippen molar-refractivity contribution in [2.45, 2.75) is 29.9 Å². The number of benzene rings is 1. The van der Waals surface area contributed by atoms with Gasteiger partial charge in [-0.3, -0.25) is 9.59 Å². The zero-order valence-electron chi connectivity index (χ0n) is 12.7. The van der Waals surface area contributed by atoms with E-state index < -0.39 is 5.25 Å². The van der Waals surface area contributed by atoms with Gasteiger partial charge in [0.2, 0.25) is 11.8 Å². The molecule has 1 aromatic heterocycles. The molecule has 1 atom stereocenters. The average Bonchev–Trinajstić information content (AvgIpc) is 3.05. The van der Waals surface area contributed by atoms with E-state index in [9.17, 15) is 9.59 Å². The summed E-state index contributed by atoms with van der Waals surface area (Å²) >= 11 is 2.73. The van der Waals surface area contributed by atoms with Crippen LogP contribution in [0.4, 0.5) is 5.69 Å². The SMILES string of the molecule is CCOc1ccc(N2C(=O)C[C@@H](Sc3nnc(C)s3)C2=O)cc1. The first-order valence-corrected chi connectivity index (χ1v) is 8.84. The van der Waals surface area contributed by atoms with Gasteiger partial charge in [0.1, 0.15) is 16.0 Å². The van der Waals surface area contributed by atoms with E-state index in [4.69, 9.17) is 4.74 Å². The summed E-state index contributed by atoms with van der Waals surface area (Å²) in [5.41, 5.74) is 0.569. The number of amides is 2. The monoisotopic (exact) mass is 349 g/mol. The summed E-state index contributed by atoms with van der Waals surface area (Å²) in [6.07, 6.45) is 0.176. The number of aryl methyl sites for hydroxylation is 1. The molecule has 1 saturated heterocycles. The standard InChI is InChI=1S/C15H15N3O3S2/c1-3-21-11-6-4-10(5-7-11)18-13(19)8-12(14(18)20)23-15-17-16-9(2)22-15/h4-7,12H,3,8H2,1-2H3/t12-/m1/s1. The molecule has 3 rings (SSSR count). The van der Waals surface area contributed by atoms with Crippen molar-refractivity contribution >= 4 is 40.6 Å². The number of hydrogen-bond donors (Lipinski definition) is 0. The highest BCUT2D eigenvalue weighted by atomic mass is 32.2. The molecule has 1 fully saturated rings. The van der Waals surface area contributed by atoms with Gasteiger partial charge in [0.15, 0.2) is 4.34 Å². The van der Waals surface area contributed by atoms with Crippen LogP contribution in [0.1, 0.15) is 18.4 Å². The molecule has 120 valence electrons. The van der Waals surface area contributed by atoms with Gasteiger partial charge in [-0.15, -0.1) is 10.2 Å². The largest absolute Gasteiger partial charge is 0.494 e. The van der Waals surface area contributed by atoms with E-state index in [1.165, 1.54) is 28.0 Å². The topological polar surface area (TPSA) is 72.4 Å². The molecule has 1 aliphatic rings. The van der Waals surface area contributed by atoms with Crippen LogP contribution in [0.5, 0.6) is 5.75 Å². The Hall–Kier alpha value is -1.93. The second-order valence-electron chi connectivity index (χ2n) is 4.89. The molecule has 23 heavy (non-hydrogen) atoms. The molecule has 1 aromatic carbocycles. The summed E-state index contributed by atoms with van der Waals surface area (Å²) in [4.78, 5) is 26.0. The van der Waals surface area contributed by atoms with Gasteiger partial charge in [0.25, 0.3) is 0 Å². The molecule has 0 unspecified atom stereocenters. The maximum absolute atomic E-state index is 12.5. The Morgan fingerprint density at radius 3 is 2.65 bits per heavy atom. The zero-order valence-corrected chi connectivity index (χ0v) is 14.3. The minimum atomic E-state index is -0.443. The van der Waals surface area contributed by atoms with Crippen molar-refractivity contribution < 1.29 is 14.3 Å². The number of nitrogens with zero attached hydrogens (tertiary/aromatic N) is 3. The third-order valence-corrected chi connectivity index (χ3v) is 5.37. The summed E-state index contributed by atoms with van der Waals surface area (Å²) in [5, 5.41) is 8.33. The number of ether oxygens (including phenoxy) is 1. The maximum Gasteiger partial charge on any atom is 0.247 e. The van der Waals surface area contributed by atoms with Gasteiger partial charge in [-0.1, -0.05) is 23.1 Å². The zero-order chi connectivity index (χ0) is 16.4. The molecule has 1 aliphatic heterocycles. The van der Waals surface area contributed by atoms with Gasteiger partial charge >= 0.3 is 0 Å². The van der Waals surface area contributed by atoms with Gasteiger partial charge in [0.05, 0.1) is 12.3 Å². The number of rotatable bonds is 5. The van der Waals surface area contributed by atoms with Crippen LogP contribution in [0.2, 0.25) is 0 Å². The van der Waals surface area contributed by atoms with Crippen molar-refractivity contribution in [2.24, 2.45) is 0 Å². The van der Waals surface area contributed by atoms with Crippen LogP contribution in [0.15, 0.2) is 28.6 Å². The molecule has 2 amide bonds. The van der Waals surface area contributed by atoms with Gasteiger partial charge in [-0.25, -0.2) is 4.90 Å². The number of carbonyl (C=O) groups excluding carboxylic acids is 2. The van der Waals surface area contributed by atoms with Crippen LogP contribution in [0.3, 0.4) is 0 Å². The molecule has 0 N–H and O–H groups in total. The molecule has 0 aliphatic carbocycles. The van der Waals surface area contributed by atoms with Crippen molar-refractivity contribution in [3.63, 3.8) is 0 Å². The molecule has 0 bridgehead atoms. The molecule has 2 aromatic rings. The lowest BCUT2D eigenvalue weighted by Crippen LogP contribution is -2.31. The van der Waals surface area contributed by atoms with Crippen LogP contribution in [0, 0.1) is 6.92 Å². The lowest BCUT2D eigenvalue weighted by atomic mass is 10.3. The van der Waals surface area contributed by atoms with E-state index in [2.05, 4.69) is 10.2 Å². The molecule has 8 heteroatoms. The summed E-state index contributed by atoms with van der Waals surface area (Å²) in [7, 11) is 0. The number of aromatic nitrogens is 2. The van der Waals surface area contributed by atoms with Crippen molar-refractivity contribution in [1.82, 2.24) is 10.2 Å². The molecular formula is C15H15N3O3S2. The number of thioether (sulfide) groups is 1. The first-order chi connectivity index (χ1) is 11.1. The van der Waals surface area contributed by atoms with E-state index in [-0.39, 0.29) is 18.2 Å². The second kappa shape index (κ2) is 6.67. The summed E-state index contributed by atoms with van der Waals surface area (Å²) in [5.74, 6) is 0.306. The smallest absolute Gasteiger partial charge is 0.247 e. The molecular weight excluding hydrogens is 334 g/mol. The van der Waals surface area contributed by atoms with Crippen molar-refractivity contribution in [2.75, 3.05) is 11.5 Å². The van der Waals surface area contributed by atoms with Crippen LogP contribution in [0.25, 0.3) is 0 Å². The molecule has 6 nitrogen and oxygen atoms in total. The Labute approximate surface area is 141 Å². The predicted molar refractivity (Wildman–Crippen MR) is 89.0 cm³/mol. The lowest BCUT2D eigenvalue weighted by molar-refractivity contribution is -0.121. The van der Waals surface area contributed by atoms with Crippen molar-refractivity contribution in [1.29, 1.82) is 0 Å². The van der Waals surface area contributed by atoms with E-state index in [1.807, 2.05) is 13.8 Å². The Balaban J connectivity index is 1.75. The van der Waals surface area contributed by atoms with Crippen LogP contribution >= 0.6 is 23.1 Å². The first kappa shape index (κ1) is 15.9. The third kappa shape index (κ3) is 3.37. The van der Waals surface area contributed by atoms with Crippen LogP contribution < -0.4 is 9.64 Å². The van der Waals surface area contributed by atoms with Crippen molar-refractivity contribution in [3.05, 3.63) is 29.3 Å². The molecule has 0 saturated carbocycles. The summed E-state index contributed by atoms with van der Waals surface area (Å²) in [6.45, 7) is 4.33. The second-order valence-corrected chi connectivity index (χ2v) is 7.52. The van der Waals surface area contributed by atoms with Crippen LogP contribution in [-0.2, 0) is 9.59 Å². The van der Waals surface area contributed by atoms with E-state index in [0.717, 1.165) is 5.01 Å². The predicted octanol–water partition coefficient (Wildman–Crippen LogP) is 2.67. The molecule has 2 heterocycles. The Kier molecular flexibility index (Phi) is 4.63. The third-order valence-electron chi connectivity index (χ3n) is 3.26. The Morgan fingerprint density at radius 2 is 2.04 bits per heavy atom. The summed E-state index contributed by atoms with van der Waals surface area (Å²) in [6, 6.07) is 6.97. The average molecular weight is 349 g/mol. The minimum absolute atomic E-state index is 0.176. The van der Waals surface area contributed by atoms with Crippen LogP contribution in [-0.4, -0.2) is 33.9 Å². The quantitative estimate of drug-likeness (QED) is 0.773.